The number of hydrogen-bond donors (Lipinski definition) is 0. The first kappa shape index (κ1) is 16.9. The lowest BCUT2D eigenvalue weighted by atomic mass is 9.98. The lowest BCUT2D eigenvalue weighted by Crippen LogP contribution is -2.42. The molecule has 2 fully saturated rings. The van der Waals surface area contributed by atoms with Crippen molar-refractivity contribution in [2.24, 2.45) is 0 Å². The molecule has 4 rings (SSSR count). The van der Waals surface area contributed by atoms with E-state index in [2.05, 4.69) is 64.5 Å². The monoisotopic (exact) mass is 346 g/mol. The molecule has 2 aromatic carbocycles. The van der Waals surface area contributed by atoms with E-state index in [1.54, 1.807) is 0 Å². The maximum Gasteiger partial charge on any atom is 0.245 e. The number of likely N-dealkylation sites (tertiary alicyclic amines) is 2. The molecule has 2 aliphatic heterocycles. The summed E-state index contributed by atoms with van der Waals surface area (Å²) in [7, 11) is 0. The molecule has 2 saturated heterocycles. The molecule has 0 bridgehead atoms. The molecule has 0 unspecified atom stereocenters. The van der Waals surface area contributed by atoms with Gasteiger partial charge in [0.15, 0.2) is 0 Å². The molecule has 134 valence electrons. The predicted molar refractivity (Wildman–Crippen MR) is 106 cm³/mol. The summed E-state index contributed by atoms with van der Waals surface area (Å²) in [6.45, 7) is 2.81. The van der Waals surface area contributed by atoms with Gasteiger partial charge in [0.2, 0.25) is 5.91 Å². The molecule has 0 aromatic heterocycles. The summed E-state index contributed by atoms with van der Waals surface area (Å²) in [5, 5.41) is 0. The van der Waals surface area contributed by atoms with Crippen LogP contribution in [-0.4, -0.2) is 41.4 Å². The molecular formula is C23H26N2O. The van der Waals surface area contributed by atoms with Gasteiger partial charge in [-0.25, -0.2) is 0 Å². The third-order valence-corrected chi connectivity index (χ3v) is 5.46. The Hall–Kier alpha value is -2.55. The fourth-order valence-electron chi connectivity index (χ4n) is 4.07. The van der Waals surface area contributed by atoms with Gasteiger partial charge in [-0.3, -0.25) is 4.79 Å². The number of amides is 1. The Morgan fingerprint density at radius 1 is 0.808 bits per heavy atom. The first-order valence-electron chi connectivity index (χ1n) is 9.70. The molecule has 1 atom stereocenters. The Morgan fingerprint density at radius 3 is 1.96 bits per heavy atom. The van der Waals surface area contributed by atoms with Gasteiger partial charge in [0, 0.05) is 31.4 Å². The number of carbonyl (C=O) groups is 1. The standard InChI is InChI=1S/C23H26N2O/c26-23(24-15-7-8-16-24)22-14-9-17-25(22)18-21(19-10-3-1-4-11-19)20-12-5-2-6-13-20/h1-6,10-13,18,22H,7-9,14-17H2/t22-/m0/s1. The highest BCUT2D eigenvalue weighted by Crippen LogP contribution is 2.28. The number of hydrogen-bond acceptors (Lipinski definition) is 2. The van der Waals surface area contributed by atoms with Gasteiger partial charge in [0.1, 0.15) is 6.04 Å². The molecule has 0 radical (unpaired) electrons. The second-order valence-electron chi connectivity index (χ2n) is 7.20. The van der Waals surface area contributed by atoms with Gasteiger partial charge in [-0.1, -0.05) is 60.7 Å². The maximum atomic E-state index is 13.0. The molecule has 0 N–H and O–H groups in total. The Bertz CT molecular complexity index is 722. The van der Waals surface area contributed by atoms with E-state index in [1.165, 1.54) is 16.7 Å². The molecular weight excluding hydrogens is 320 g/mol. The summed E-state index contributed by atoms with van der Waals surface area (Å²) < 4.78 is 0. The van der Waals surface area contributed by atoms with Gasteiger partial charge in [-0.05, 0) is 36.8 Å². The van der Waals surface area contributed by atoms with E-state index in [1.807, 2.05) is 12.1 Å². The summed E-state index contributed by atoms with van der Waals surface area (Å²) in [6, 6.07) is 21.0. The van der Waals surface area contributed by atoms with Crippen LogP contribution in [0.2, 0.25) is 0 Å². The van der Waals surface area contributed by atoms with E-state index in [0.717, 1.165) is 45.3 Å². The zero-order valence-electron chi connectivity index (χ0n) is 15.2. The first-order valence-corrected chi connectivity index (χ1v) is 9.70. The van der Waals surface area contributed by atoms with Crippen molar-refractivity contribution in [3.63, 3.8) is 0 Å². The van der Waals surface area contributed by atoms with E-state index in [-0.39, 0.29) is 6.04 Å². The van der Waals surface area contributed by atoms with Gasteiger partial charge in [0.25, 0.3) is 0 Å². The van der Waals surface area contributed by atoms with Crippen LogP contribution in [0.25, 0.3) is 5.57 Å². The molecule has 2 heterocycles. The van der Waals surface area contributed by atoms with Crippen LogP contribution in [0.5, 0.6) is 0 Å². The van der Waals surface area contributed by atoms with E-state index in [4.69, 9.17) is 0 Å². The molecule has 0 saturated carbocycles. The minimum absolute atomic E-state index is 0.00414. The van der Waals surface area contributed by atoms with Crippen LogP contribution < -0.4 is 0 Å². The van der Waals surface area contributed by atoms with Crippen LogP contribution in [0.15, 0.2) is 66.9 Å². The van der Waals surface area contributed by atoms with Crippen LogP contribution in [0.3, 0.4) is 0 Å². The fourth-order valence-corrected chi connectivity index (χ4v) is 4.07. The van der Waals surface area contributed by atoms with E-state index < -0.39 is 0 Å². The Balaban J connectivity index is 1.66. The molecule has 3 heteroatoms. The first-order chi connectivity index (χ1) is 12.8. The summed E-state index contributed by atoms with van der Waals surface area (Å²) in [5.74, 6) is 0.316. The minimum Gasteiger partial charge on any atom is -0.365 e. The van der Waals surface area contributed by atoms with Crippen molar-refractivity contribution in [3.8, 4) is 0 Å². The van der Waals surface area contributed by atoms with Crippen LogP contribution in [0.4, 0.5) is 0 Å². The highest BCUT2D eigenvalue weighted by atomic mass is 16.2. The van der Waals surface area contributed by atoms with Crippen molar-refractivity contribution >= 4 is 11.5 Å². The van der Waals surface area contributed by atoms with Crippen LogP contribution in [0.1, 0.15) is 36.8 Å². The average molecular weight is 346 g/mol. The molecule has 0 aliphatic carbocycles. The summed E-state index contributed by atoms with van der Waals surface area (Å²) in [6.07, 6.45) is 6.55. The molecule has 26 heavy (non-hydrogen) atoms. The van der Waals surface area contributed by atoms with Crippen molar-refractivity contribution in [1.29, 1.82) is 0 Å². The zero-order valence-corrected chi connectivity index (χ0v) is 15.2. The van der Waals surface area contributed by atoms with Gasteiger partial charge in [-0.15, -0.1) is 0 Å². The van der Waals surface area contributed by atoms with Crippen molar-refractivity contribution in [1.82, 2.24) is 9.80 Å². The normalized spacial score (nSPS) is 19.6. The quantitative estimate of drug-likeness (QED) is 0.830. The maximum absolute atomic E-state index is 13.0. The topological polar surface area (TPSA) is 23.6 Å². The Morgan fingerprint density at radius 2 is 1.38 bits per heavy atom. The SMILES string of the molecule is O=C([C@@H]1CCCN1C=C(c1ccccc1)c1ccccc1)N1CCCC1. The van der Waals surface area contributed by atoms with E-state index in [9.17, 15) is 4.79 Å². The smallest absolute Gasteiger partial charge is 0.245 e. The molecule has 2 aromatic rings. The van der Waals surface area contributed by atoms with Crippen LogP contribution in [-0.2, 0) is 4.79 Å². The van der Waals surface area contributed by atoms with E-state index in [0.29, 0.717) is 5.91 Å². The highest BCUT2D eigenvalue weighted by molar-refractivity contribution is 5.84. The lowest BCUT2D eigenvalue weighted by Gasteiger charge is -2.27. The number of benzene rings is 2. The number of carbonyl (C=O) groups excluding carboxylic acids is 1. The van der Waals surface area contributed by atoms with Crippen LogP contribution in [0, 0.1) is 0 Å². The predicted octanol–water partition coefficient (Wildman–Crippen LogP) is 4.16. The number of rotatable bonds is 4. The highest BCUT2D eigenvalue weighted by Gasteiger charge is 2.33. The molecule has 2 aliphatic rings. The largest absolute Gasteiger partial charge is 0.365 e. The fraction of sp³-hybridized carbons (Fsp3) is 0.348. The zero-order chi connectivity index (χ0) is 17.8. The second kappa shape index (κ2) is 7.77. The molecule has 1 amide bonds. The van der Waals surface area contributed by atoms with Crippen molar-refractivity contribution < 1.29 is 4.79 Å². The number of nitrogens with zero attached hydrogens (tertiary/aromatic N) is 2. The van der Waals surface area contributed by atoms with Gasteiger partial charge < -0.3 is 9.80 Å². The van der Waals surface area contributed by atoms with E-state index >= 15 is 0 Å². The minimum atomic E-state index is -0.00414. The third kappa shape index (κ3) is 3.52. The lowest BCUT2D eigenvalue weighted by molar-refractivity contribution is -0.134. The van der Waals surface area contributed by atoms with Gasteiger partial charge >= 0.3 is 0 Å². The van der Waals surface area contributed by atoms with Gasteiger partial charge in [-0.2, -0.15) is 0 Å². The van der Waals surface area contributed by atoms with Crippen LogP contribution >= 0.6 is 0 Å². The summed E-state index contributed by atoms with van der Waals surface area (Å²) in [5.41, 5.74) is 3.57. The van der Waals surface area contributed by atoms with Crippen molar-refractivity contribution in [2.45, 2.75) is 31.7 Å². The van der Waals surface area contributed by atoms with Crippen molar-refractivity contribution in [3.05, 3.63) is 78.0 Å². The summed E-state index contributed by atoms with van der Waals surface area (Å²) in [4.78, 5) is 17.3. The Kier molecular flexibility index (Phi) is 5.05. The molecule has 0 spiro atoms. The summed E-state index contributed by atoms with van der Waals surface area (Å²) >= 11 is 0. The average Bonchev–Trinajstić information content (AvgIpc) is 3.39. The second-order valence-corrected chi connectivity index (χ2v) is 7.20. The van der Waals surface area contributed by atoms with Crippen molar-refractivity contribution in [2.75, 3.05) is 19.6 Å². The van der Waals surface area contributed by atoms with Gasteiger partial charge in [0.05, 0.1) is 0 Å². The molecule has 3 nitrogen and oxygen atoms in total. The Labute approximate surface area is 155 Å². The third-order valence-electron chi connectivity index (χ3n) is 5.46.